The molecule has 2 aromatic heterocycles. The third-order valence-electron chi connectivity index (χ3n) is 7.72. The molecule has 1 aliphatic carbocycles. The summed E-state index contributed by atoms with van der Waals surface area (Å²) in [6, 6.07) is 4.37. The molecule has 35 heavy (non-hydrogen) atoms. The second kappa shape index (κ2) is 15.4. The summed E-state index contributed by atoms with van der Waals surface area (Å²) in [5.41, 5.74) is 1.94. The zero-order valence-electron chi connectivity index (χ0n) is 21.9. The Morgan fingerprint density at radius 3 is 1.57 bits per heavy atom. The number of halogens is 2. The number of hydrogen-bond acceptors (Lipinski definition) is 3. The number of carbonyl (C=O) groups is 1. The first-order chi connectivity index (χ1) is 17.0. The molecule has 0 saturated heterocycles. The highest BCUT2D eigenvalue weighted by Crippen LogP contribution is 2.55. The number of Topliss-reactive ketones (excluding diaryl/α,β-unsaturated/α-hetero) is 1. The van der Waals surface area contributed by atoms with Crippen molar-refractivity contribution in [3.8, 4) is 9.75 Å². The highest BCUT2D eigenvalue weighted by atomic mass is 79.9. The lowest BCUT2D eigenvalue weighted by atomic mass is 9.65. The van der Waals surface area contributed by atoms with Crippen LogP contribution in [0.3, 0.4) is 0 Å². The highest BCUT2D eigenvalue weighted by molar-refractivity contribution is 9.11. The maximum absolute atomic E-state index is 14.2. The molecule has 0 aliphatic heterocycles. The van der Waals surface area contributed by atoms with E-state index in [1.807, 2.05) is 11.3 Å². The molecule has 1 aliphatic rings. The monoisotopic (exact) mass is 642 g/mol. The van der Waals surface area contributed by atoms with Gasteiger partial charge in [0.2, 0.25) is 0 Å². The van der Waals surface area contributed by atoms with Gasteiger partial charge >= 0.3 is 0 Å². The Kier molecular flexibility index (Phi) is 13.1. The van der Waals surface area contributed by atoms with E-state index in [1.54, 1.807) is 11.3 Å². The van der Waals surface area contributed by atoms with E-state index in [2.05, 4.69) is 57.8 Å². The van der Waals surface area contributed by atoms with Crippen LogP contribution in [0.4, 0.5) is 0 Å². The second-order valence-electron chi connectivity index (χ2n) is 10.4. The minimum Gasteiger partial charge on any atom is -0.293 e. The van der Waals surface area contributed by atoms with Crippen LogP contribution in [0.1, 0.15) is 145 Å². The molecule has 0 spiro atoms. The standard InChI is InChI=1S/C30H44Br2OS2/c1-3-5-7-9-11-13-15-17-19-30(20-18-16-14-12-10-8-6-4-2)24-22-26(32)35-28(24)27-23(29(30)33)21-25(31)34-27/h21-22H,3-20H2,1-2H3. The molecule has 1 nitrogen and oxygen atoms in total. The van der Waals surface area contributed by atoms with Gasteiger partial charge < -0.3 is 0 Å². The van der Waals surface area contributed by atoms with Gasteiger partial charge in [0.15, 0.2) is 5.78 Å². The fourth-order valence-electron chi connectivity index (χ4n) is 5.71. The van der Waals surface area contributed by atoms with Crippen molar-refractivity contribution in [1.82, 2.24) is 0 Å². The van der Waals surface area contributed by atoms with Crippen molar-refractivity contribution in [1.29, 1.82) is 0 Å². The maximum Gasteiger partial charge on any atom is 0.174 e. The average molecular weight is 645 g/mol. The molecule has 0 saturated carbocycles. The van der Waals surface area contributed by atoms with Crippen LogP contribution in [0.2, 0.25) is 0 Å². The van der Waals surface area contributed by atoms with Crippen LogP contribution >= 0.6 is 54.5 Å². The summed E-state index contributed by atoms with van der Waals surface area (Å²) in [5.74, 6) is 0.387. The van der Waals surface area contributed by atoms with Gasteiger partial charge in [-0.2, -0.15) is 0 Å². The predicted molar refractivity (Wildman–Crippen MR) is 163 cm³/mol. The first kappa shape index (κ1) is 29.6. The Hall–Kier alpha value is 0.0300. The van der Waals surface area contributed by atoms with E-state index in [1.165, 1.54) is 105 Å². The number of rotatable bonds is 18. The van der Waals surface area contributed by atoms with Crippen LogP contribution in [-0.4, -0.2) is 5.78 Å². The normalized spacial score (nSPS) is 14.3. The van der Waals surface area contributed by atoms with Crippen molar-refractivity contribution < 1.29 is 4.79 Å². The van der Waals surface area contributed by atoms with Gasteiger partial charge in [0, 0.05) is 5.56 Å². The minimum atomic E-state index is -0.338. The fraction of sp³-hybridized carbons (Fsp3) is 0.700. The summed E-state index contributed by atoms with van der Waals surface area (Å²) in [6.45, 7) is 4.56. The molecule has 2 heterocycles. The summed E-state index contributed by atoms with van der Waals surface area (Å²) in [5, 5.41) is 0. The Morgan fingerprint density at radius 1 is 0.629 bits per heavy atom. The quantitative estimate of drug-likeness (QED) is 0.148. The van der Waals surface area contributed by atoms with Gasteiger partial charge in [0.25, 0.3) is 0 Å². The molecular weight excluding hydrogens is 600 g/mol. The number of hydrogen-bond donors (Lipinski definition) is 0. The molecule has 0 atom stereocenters. The number of fused-ring (bicyclic) bond motifs is 3. The molecule has 0 radical (unpaired) electrons. The van der Waals surface area contributed by atoms with E-state index in [0.29, 0.717) is 5.78 Å². The lowest BCUT2D eigenvalue weighted by molar-refractivity contribution is 0.0855. The first-order valence-corrected chi connectivity index (χ1v) is 17.4. The maximum atomic E-state index is 14.2. The Labute approximate surface area is 239 Å². The molecule has 196 valence electrons. The summed E-state index contributed by atoms with van der Waals surface area (Å²) in [6.07, 6.45) is 22.9. The molecule has 5 heteroatoms. The zero-order chi connectivity index (χ0) is 25.1. The smallest absolute Gasteiger partial charge is 0.174 e. The summed E-state index contributed by atoms with van der Waals surface area (Å²) >= 11 is 11.0. The van der Waals surface area contributed by atoms with Crippen molar-refractivity contribution in [2.75, 3.05) is 0 Å². The van der Waals surface area contributed by atoms with Gasteiger partial charge in [0.05, 0.1) is 22.7 Å². The molecule has 0 bridgehead atoms. The van der Waals surface area contributed by atoms with Gasteiger partial charge in [-0.3, -0.25) is 4.79 Å². The first-order valence-electron chi connectivity index (χ1n) is 14.2. The Balaban J connectivity index is 1.68. The second-order valence-corrected chi connectivity index (χ2v) is 15.3. The number of ketones is 1. The van der Waals surface area contributed by atoms with Crippen molar-refractivity contribution in [2.45, 2.75) is 135 Å². The van der Waals surface area contributed by atoms with Crippen LogP contribution < -0.4 is 0 Å². The number of carbonyl (C=O) groups excluding carboxylic acids is 1. The minimum absolute atomic E-state index is 0.338. The average Bonchev–Trinajstić information content (AvgIpc) is 3.43. The summed E-state index contributed by atoms with van der Waals surface area (Å²) in [7, 11) is 0. The van der Waals surface area contributed by atoms with Gasteiger partial charge in [-0.1, -0.05) is 117 Å². The van der Waals surface area contributed by atoms with Gasteiger partial charge in [0.1, 0.15) is 0 Å². The molecule has 0 amide bonds. The van der Waals surface area contributed by atoms with Crippen LogP contribution in [0, 0.1) is 0 Å². The van der Waals surface area contributed by atoms with E-state index in [9.17, 15) is 4.79 Å². The topological polar surface area (TPSA) is 17.1 Å². The Morgan fingerprint density at radius 2 is 1.06 bits per heavy atom. The van der Waals surface area contributed by atoms with Crippen LogP contribution in [-0.2, 0) is 5.41 Å². The molecule has 3 rings (SSSR count). The lowest BCUT2D eigenvalue weighted by Gasteiger charge is -2.36. The largest absolute Gasteiger partial charge is 0.293 e. The molecule has 0 fully saturated rings. The molecule has 0 N–H and O–H groups in total. The van der Waals surface area contributed by atoms with Crippen LogP contribution in [0.5, 0.6) is 0 Å². The molecule has 0 unspecified atom stereocenters. The van der Waals surface area contributed by atoms with Crippen molar-refractivity contribution in [2.24, 2.45) is 0 Å². The Bertz CT molecular complexity index is 894. The fourth-order valence-corrected chi connectivity index (χ4v) is 9.16. The third-order valence-corrected chi connectivity index (χ3v) is 11.2. The molecule has 0 aromatic carbocycles. The SMILES string of the molecule is CCCCCCCCCCC1(CCCCCCCCCC)C(=O)c2cc(Br)sc2-c2sc(Br)cc21. The van der Waals surface area contributed by atoms with Gasteiger partial charge in [-0.25, -0.2) is 0 Å². The van der Waals surface area contributed by atoms with E-state index >= 15 is 0 Å². The zero-order valence-corrected chi connectivity index (χ0v) is 26.7. The molecule has 2 aromatic rings. The summed E-state index contributed by atoms with van der Waals surface area (Å²) < 4.78 is 2.23. The lowest BCUT2D eigenvalue weighted by Crippen LogP contribution is -2.38. The molecular formula is C30H44Br2OS2. The van der Waals surface area contributed by atoms with Gasteiger partial charge in [-0.05, 0) is 62.4 Å². The van der Waals surface area contributed by atoms with Crippen LogP contribution in [0.25, 0.3) is 9.75 Å². The van der Waals surface area contributed by atoms with E-state index in [-0.39, 0.29) is 5.41 Å². The predicted octanol–water partition coefficient (Wildman–Crippen LogP) is 12.5. The van der Waals surface area contributed by atoms with Crippen molar-refractivity contribution in [3.05, 3.63) is 30.8 Å². The summed E-state index contributed by atoms with van der Waals surface area (Å²) in [4.78, 5) is 16.7. The highest BCUT2D eigenvalue weighted by Gasteiger charge is 2.47. The number of unbranched alkanes of at least 4 members (excludes halogenated alkanes) is 14. The number of thiophene rings is 2. The van der Waals surface area contributed by atoms with E-state index in [4.69, 9.17) is 0 Å². The van der Waals surface area contributed by atoms with Gasteiger partial charge in [-0.15, -0.1) is 22.7 Å². The third kappa shape index (κ3) is 8.01. The van der Waals surface area contributed by atoms with E-state index < -0.39 is 0 Å². The van der Waals surface area contributed by atoms with Crippen molar-refractivity contribution >= 4 is 60.3 Å². The van der Waals surface area contributed by atoms with Crippen molar-refractivity contribution in [3.63, 3.8) is 0 Å². The van der Waals surface area contributed by atoms with Crippen LogP contribution in [0.15, 0.2) is 19.7 Å². The van der Waals surface area contributed by atoms with E-state index in [0.717, 1.165) is 38.8 Å².